The molecule has 0 amide bonds. The SMILES string of the molecule is CCON=C1CCC(C(C#N)S(=O)(=O)CCCC(F)(F)F)CC1. The highest BCUT2D eigenvalue weighted by atomic mass is 32.2. The molecule has 0 saturated heterocycles. The number of nitriles is 1. The van der Waals surface area contributed by atoms with E-state index in [2.05, 4.69) is 5.16 Å². The molecule has 0 aromatic carbocycles. The quantitative estimate of drug-likeness (QED) is 0.658. The first-order valence-electron chi connectivity index (χ1n) is 7.55. The van der Waals surface area contributed by atoms with Gasteiger partial charge in [0.2, 0.25) is 0 Å². The van der Waals surface area contributed by atoms with Gasteiger partial charge in [0.1, 0.15) is 6.61 Å². The first kappa shape index (κ1) is 19.7. The van der Waals surface area contributed by atoms with Crippen molar-refractivity contribution in [1.29, 1.82) is 5.26 Å². The fourth-order valence-electron chi connectivity index (χ4n) is 2.60. The Morgan fingerprint density at radius 3 is 2.48 bits per heavy atom. The normalized spacial score (nSPS) is 20.7. The number of hydrogen-bond acceptors (Lipinski definition) is 5. The predicted octanol–water partition coefficient (Wildman–Crippen LogP) is 3.22. The van der Waals surface area contributed by atoms with Crippen LogP contribution in [0.25, 0.3) is 0 Å². The summed E-state index contributed by atoms with van der Waals surface area (Å²) in [5.74, 6) is -0.974. The van der Waals surface area contributed by atoms with E-state index in [0.29, 0.717) is 32.3 Å². The van der Waals surface area contributed by atoms with Crippen molar-refractivity contribution in [2.75, 3.05) is 12.4 Å². The van der Waals surface area contributed by atoms with Crippen LogP contribution < -0.4 is 0 Å². The van der Waals surface area contributed by atoms with Crippen LogP contribution in [-0.2, 0) is 14.7 Å². The summed E-state index contributed by atoms with van der Waals surface area (Å²) in [6.45, 7) is 2.25. The Bertz CT molecular complexity index is 543. The van der Waals surface area contributed by atoms with E-state index in [-0.39, 0.29) is 5.92 Å². The van der Waals surface area contributed by atoms with E-state index >= 15 is 0 Å². The van der Waals surface area contributed by atoms with Crippen LogP contribution in [0.5, 0.6) is 0 Å². The summed E-state index contributed by atoms with van der Waals surface area (Å²) in [5.41, 5.74) is 0.828. The zero-order valence-electron chi connectivity index (χ0n) is 13.0. The van der Waals surface area contributed by atoms with Crippen molar-refractivity contribution < 1.29 is 26.4 Å². The average molecular weight is 354 g/mol. The van der Waals surface area contributed by atoms with Crippen LogP contribution in [0.2, 0.25) is 0 Å². The summed E-state index contributed by atoms with van der Waals surface area (Å²) >= 11 is 0. The van der Waals surface area contributed by atoms with Crippen molar-refractivity contribution in [1.82, 2.24) is 0 Å². The molecule has 1 aliphatic carbocycles. The lowest BCUT2D eigenvalue weighted by Gasteiger charge is -2.26. The monoisotopic (exact) mass is 354 g/mol. The largest absolute Gasteiger partial charge is 0.396 e. The van der Waals surface area contributed by atoms with Gasteiger partial charge in [-0.05, 0) is 44.9 Å². The first-order chi connectivity index (χ1) is 10.7. The molecule has 0 bridgehead atoms. The Morgan fingerprint density at radius 1 is 1.39 bits per heavy atom. The number of nitrogens with zero attached hydrogens (tertiary/aromatic N) is 2. The third-order valence-corrected chi connectivity index (χ3v) is 5.88. The second-order valence-electron chi connectivity index (χ2n) is 5.55. The molecule has 0 aromatic rings. The lowest BCUT2D eigenvalue weighted by atomic mass is 9.86. The summed E-state index contributed by atoms with van der Waals surface area (Å²) in [7, 11) is -3.86. The zero-order valence-corrected chi connectivity index (χ0v) is 13.8. The van der Waals surface area contributed by atoms with Gasteiger partial charge in [0.15, 0.2) is 15.1 Å². The third kappa shape index (κ3) is 6.77. The van der Waals surface area contributed by atoms with E-state index in [1.165, 1.54) is 0 Å². The fraction of sp³-hybridized carbons (Fsp3) is 0.857. The molecule has 23 heavy (non-hydrogen) atoms. The van der Waals surface area contributed by atoms with E-state index < -0.39 is 39.9 Å². The van der Waals surface area contributed by atoms with E-state index in [9.17, 15) is 26.9 Å². The molecular weight excluding hydrogens is 333 g/mol. The van der Waals surface area contributed by atoms with Crippen molar-refractivity contribution in [3.05, 3.63) is 0 Å². The van der Waals surface area contributed by atoms with Gasteiger partial charge in [0.05, 0.1) is 17.5 Å². The standard InChI is InChI=1S/C14H21F3N2O3S/c1-2-22-19-12-6-4-11(5-7-12)13(10-18)23(20,21)9-3-8-14(15,16)17/h11,13H,2-9H2,1H3. The molecule has 132 valence electrons. The molecule has 0 aromatic heterocycles. The van der Waals surface area contributed by atoms with Crippen molar-refractivity contribution in [2.24, 2.45) is 11.1 Å². The molecule has 1 aliphatic rings. The number of oxime groups is 1. The Hall–Kier alpha value is -1.30. The molecule has 0 heterocycles. The Morgan fingerprint density at radius 2 is 2.00 bits per heavy atom. The van der Waals surface area contributed by atoms with Gasteiger partial charge in [-0.15, -0.1) is 0 Å². The fourth-order valence-corrected chi connectivity index (χ4v) is 4.42. The Labute approximate surface area is 134 Å². The summed E-state index contributed by atoms with van der Waals surface area (Å²) in [6, 6.07) is 1.78. The molecule has 1 fully saturated rings. The number of halogens is 3. The van der Waals surface area contributed by atoms with E-state index in [4.69, 9.17) is 4.84 Å². The minimum atomic E-state index is -4.38. The maximum absolute atomic E-state index is 12.2. The van der Waals surface area contributed by atoms with Crippen molar-refractivity contribution in [3.8, 4) is 6.07 Å². The molecule has 0 N–H and O–H groups in total. The molecule has 0 spiro atoms. The third-order valence-electron chi connectivity index (χ3n) is 3.76. The van der Waals surface area contributed by atoms with Crippen LogP contribution in [0.4, 0.5) is 13.2 Å². The highest BCUT2D eigenvalue weighted by molar-refractivity contribution is 7.92. The molecule has 1 atom stereocenters. The van der Waals surface area contributed by atoms with Gasteiger partial charge in [-0.25, -0.2) is 8.42 Å². The molecule has 1 saturated carbocycles. The van der Waals surface area contributed by atoms with E-state index in [1.54, 1.807) is 13.0 Å². The number of alkyl halides is 3. The van der Waals surface area contributed by atoms with Gasteiger partial charge in [-0.2, -0.15) is 18.4 Å². The van der Waals surface area contributed by atoms with Gasteiger partial charge in [-0.3, -0.25) is 0 Å². The van der Waals surface area contributed by atoms with Gasteiger partial charge < -0.3 is 4.84 Å². The zero-order chi connectivity index (χ0) is 17.5. The second kappa shape index (κ2) is 8.52. The van der Waals surface area contributed by atoms with Gasteiger partial charge in [0, 0.05) is 6.42 Å². The topological polar surface area (TPSA) is 79.5 Å². The molecule has 1 unspecified atom stereocenters. The Kier molecular flexibility index (Phi) is 7.32. The second-order valence-corrected chi connectivity index (χ2v) is 7.79. The maximum atomic E-state index is 12.2. The van der Waals surface area contributed by atoms with E-state index in [0.717, 1.165) is 5.71 Å². The van der Waals surface area contributed by atoms with Crippen molar-refractivity contribution >= 4 is 15.5 Å². The van der Waals surface area contributed by atoms with Crippen molar-refractivity contribution in [2.45, 2.75) is 56.9 Å². The predicted molar refractivity (Wildman–Crippen MR) is 79.5 cm³/mol. The number of rotatable bonds is 7. The lowest BCUT2D eigenvalue weighted by molar-refractivity contribution is -0.134. The minimum Gasteiger partial charge on any atom is -0.396 e. The molecule has 5 nitrogen and oxygen atoms in total. The summed E-state index contributed by atoms with van der Waals surface area (Å²) in [4.78, 5) is 4.95. The molecule has 1 rings (SSSR count). The van der Waals surface area contributed by atoms with Gasteiger partial charge in [-0.1, -0.05) is 5.16 Å². The van der Waals surface area contributed by atoms with Gasteiger partial charge >= 0.3 is 6.18 Å². The number of hydrogen-bond donors (Lipinski definition) is 0. The van der Waals surface area contributed by atoms with Gasteiger partial charge in [0.25, 0.3) is 0 Å². The summed E-state index contributed by atoms with van der Waals surface area (Å²) in [5, 5.41) is 11.8. The molecule has 0 radical (unpaired) electrons. The lowest BCUT2D eigenvalue weighted by Crippen LogP contribution is -2.33. The van der Waals surface area contributed by atoms with Crippen LogP contribution in [0.15, 0.2) is 5.16 Å². The highest BCUT2D eigenvalue weighted by Gasteiger charge is 2.36. The Balaban J connectivity index is 2.61. The first-order valence-corrected chi connectivity index (χ1v) is 9.26. The molecule has 9 heteroatoms. The summed E-state index contributed by atoms with van der Waals surface area (Å²) < 4.78 is 60.7. The van der Waals surface area contributed by atoms with Crippen LogP contribution in [-0.4, -0.2) is 37.9 Å². The highest BCUT2D eigenvalue weighted by Crippen LogP contribution is 2.30. The van der Waals surface area contributed by atoms with Crippen LogP contribution in [0, 0.1) is 17.2 Å². The van der Waals surface area contributed by atoms with Crippen LogP contribution >= 0.6 is 0 Å². The summed E-state index contributed by atoms with van der Waals surface area (Å²) in [6.07, 6.45) is -4.01. The van der Waals surface area contributed by atoms with Crippen LogP contribution in [0.1, 0.15) is 45.4 Å². The minimum absolute atomic E-state index is 0.364. The number of sulfone groups is 1. The van der Waals surface area contributed by atoms with E-state index in [1.807, 2.05) is 0 Å². The average Bonchev–Trinajstić information content (AvgIpc) is 2.45. The van der Waals surface area contributed by atoms with Crippen LogP contribution in [0.3, 0.4) is 0 Å². The smallest absolute Gasteiger partial charge is 0.389 e. The van der Waals surface area contributed by atoms with Crippen molar-refractivity contribution in [3.63, 3.8) is 0 Å². The molecular formula is C14H21F3N2O3S. The maximum Gasteiger partial charge on any atom is 0.389 e. The molecule has 0 aliphatic heterocycles.